The van der Waals surface area contributed by atoms with E-state index in [2.05, 4.69) is 22.9 Å². The van der Waals surface area contributed by atoms with Crippen LogP contribution in [-0.4, -0.2) is 29.3 Å². The van der Waals surface area contributed by atoms with E-state index in [1.165, 1.54) is 5.56 Å². The van der Waals surface area contributed by atoms with Gasteiger partial charge in [-0.05, 0) is 43.9 Å². The Kier molecular flexibility index (Phi) is 2.91. The minimum absolute atomic E-state index is 0.197. The number of hydrogen-bond donors (Lipinski definition) is 1. The van der Waals surface area contributed by atoms with Crippen LogP contribution in [0.5, 0.6) is 0 Å². The minimum Gasteiger partial charge on any atom is -0.391 e. The van der Waals surface area contributed by atoms with E-state index < -0.39 is 0 Å². The molecule has 1 aromatic heterocycles. The Morgan fingerprint density at radius 2 is 2.27 bits per heavy atom. The summed E-state index contributed by atoms with van der Waals surface area (Å²) in [6.45, 7) is 2.06. The van der Waals surface area contributed by atoms with Crippen molar-refractivity contribution < 1.29 is 5.11 Å². The van der Waals surface area contributed by atoms with Crippen molar-refractivity contribution >= 4 is 5.82 Å². The molecule has 82 valence electrons. The Balaban J connectivity index is 2.16. The van der Waals surface area contributed by atoms with E-state index in [-0.39, 0.29) is 12.1 Å². The molecule has 1 fully saturated rings. The molecule has 0 amide bonds. The monoisotopic (exact) mass is 206 g/mol. The van der Waals surface area contributed by atoms with Crippen LogP contribution in [0, 0.1) is 6.92 Å². The van der Waals surface area contributed by atoms with Gasteiger partial charge in [-0.2, -0.15) is 0 Å². The lowest BCUT2D eigenvalue weighted by molar-refractivity contribution is 0.162. The van der Waals surface area contributed by atoms with E-state index in [0.717, 1.165) is 25.1 Å². The summed E-state index contributed by atoms with van der Waals surface area (Å²) < 4.78 is 0. The number of anilines is 1. The molecule has 2 rings (SSSR count). The Labute approximate surface area is 90.8 Å². The van der Waals surface area contributed by atoms with Gasteiger partial charge in [-0.25, -0.2) is 4.98 Å². The molecule has 0 radical (unpaired) electrons. The highest BCUT2D eigenvalue weighted by Gasteiger charge is 2.29. The molecule has 3 nitrogen and oxygen atoms in total. The molecule has 1 N–H and O–H groups in total. The number of aryl methyl sites for hydroxylation is 1. The maximum Gasteiger partial charge on any atom is 0.128 e. The highest BCUT2D eigenvalue weighted by Crippen LogP contribution is 2.26. The first-order valence-corrected chi connectivity index (χ1v) is 5.52. The van der Waals surface area contributed by atoms with Crippen molar-refractivity contribution in [3.63, 3.8) is 0 Å². The van der Waals surface area contributed by atoms with Crippen LogP contribution < -0.4 is 4.90 Å². The van der Waals surface area contributed by atoms with Crippen LogP contribution in [0.25, 0.3) is 0 Å². The average molecular weight is 206 g/mol. The third-order valence-corrected chi connectivity index (χ3v) is 3.20. The number of pyridine rings is 1. The Morgan fingerprint density at radius 3 is 2.87 bits per heavy atom. The van der Waals surface area contributed by atoms with Gasteiger partial charge in [0.05, 0.1) is 12.1 Å². The van der Waals surface area contributed by atoms with E-state index in [1.54, 1.807) is 0 Å². The molecule has 3 heteroatoms. The fraction of sp³-hybridized carbons (Fsp3) is 0.583. The zero-order chi connectivity index (χ0) is 10.8. The van der Waals surface area contributed by atoms with Gasteiger partial charge in [0.25, 0.3) is 0 Å². The topological polar surface area (TPSA) is 36.4 Å². The van der Waals surface area contributed by atoms with Crippen molar-refractivity contribution in [2.24, 2.45) is 0 Å². The summed E-state index contributed by atoms with van der Waals surface area (Å²) in [5, 5.41) is 9.82. The number of likely N-dealkylation sites (N-methyl/N-ethyl adjacent to an activating group) is 1. The fourth-order valence-electron chi connectivity index (χ4n) is 2.26. The van der Waals surface area contributed by atoms with Gasteiger partial charge >= 0.3 is 0 Å². The predicted octanol–water partition coefficient (Wildman–Crippen LogP) is 1.74. The maximum absolute atomic E-state index is 9.82. The summed E-state index contributed by atoms with van der Waals surface area (Å²) in [6.07, 6.45) is 4.72. The molecule has 0 aliphatic heterocycles. The van der Waals surface area contributed by atoms with Crippen LogP contribution in [0.3, 0.4) is 0 Å². The van der Waals surface area contributed by atoms with Crippen molar-refractivity contribution in [1.29, 1.82) is 0 Å². The third kappa shape index (κ3) is 2.12. The van der Waals surface area contributed by atoms with Crippen LogP contribution in [0.1, 0.15) is 24.8 Å². The smallest absolute Gasteiger partial charge is 0.128 e. The van der Waals surface area contributed by atoms with Crippen molar-refractivity contribution in [2.45, 2.75) is 38.3 Å². The molecule has 2 atom stereocenters. The van der Waals surface area contributed by atoms with Gasteiger partial charge < -0.3 is 10.0 Å². The number of hydrogen-bond acceptors (Lipinski definition) is 3. The lowest BCUT2D eigenvalue weighted by atomic mass is 10.2. The second-order valence-electron chi connectivity index (χ2n) is 4.37. The summed E-state index contributed by atoms with van der Waals surface area (Å²) in [6, 6.07) is 4.28. The number of aromatic nitrogens is 1. The van der Waals surface area contributed by atoms with E-state index in [0.29, 0.717) is 0 Å². The Bertz CT molecular complexity index is 340. The molecule has 0 spiro atoms. The fourth-order valence-corrected chi connectivity index (χ4v) is 2.26. The standard InChI is InChI=1S/C12H18N2O/c1-9-6-7-13-12(8-9)14(2)10-4-3-5-11(10)15/h6-8,10-11,15H,3-5H2,1-2H3. The van der Waals surface area contributed by atoms with Crippen LogP contribution in [0.4, 0.5) is 5.82 Å². The summed E-state index contributed by atoms with van der Waals surface area (Å²) >= 11 is 0. The third-order valence-electron chi connectivity index (χ3n) is 3.20. The Hall–Kier alpha value is -1.09. The molecule has 2 unspecified atom stereocenters. The number of aliphatic hydroxyl groups is 1. The van der Waals surface area contributed by atoms with E-state index in [4.69, 9.17) is 0 Å². The van der Waals surface area contributed by atoms with Crippen molar-refractivity contribution in [3.8, 4) is 0 Å². The molecular formula is C12H18N2O. The second-order valence-corrected chi connectivity index (χ2v) is 4.37. The first-order valence-electron chi connectivity index (χ1n) is 5.52. The highest BCUT2D eigenvalue weighted by molar-refractivity contribution is 5.41. The minimum atomic E-state index is -0.197. The summed E-state index contributed by atoms with van der Waals surface area (Å²) in [5.74, 6) is 0.959. The normalized spacial score (nSPS) is 25.5. The summed E-state index contributed by atoms with van der Waals surface area (Å²) in [5.41, 5.74) is 1.21. The van der Waals surface area contributed by atoms with E-state index in [9.17, 15) is 5.11 Å². The van der Waals surface area contributed by atoms with Gasteiger partial charge in [0, 0.05) is 13.2 Å². The van der Waals surface area contributed by atoms with Crippen LogP contribution in [-0.2, 0) is 0 Å². The quantitative estimate of drug-likeness (QED) is 0.800. The first kappa shape index (κ1) is 10.4. The van der Waals surface area contributed by atoms with Crippen LogP contribution in [0.2, 0.25) is 0 Å². The van der Waals surface area contributed by atoms with Crippen LogP contribution >= 0.6 is 0 Å². The molecule has 1 aliphatic rings. The molecule has 1 aromatic rings. The van der Waals surface area contributed by atoms with Gasteiger partial charge in [0.15, 0.2) is 0 Å². The van der Waals surface area contributed by atoms with E-state index >= 15 is 0 Å². The van der Waals surface area contributed by atoms with Gasteiger partial charge in [-0.1, -0.05) is 0 Å². The van der Waals surface area contributed by atoms with E-state index in [1.807, 2.05) is 19.3 Å². The molecule has 0 saturated heterocycles. The lowest BCUT2D eigenvalue weighted by Crippen LogP contribution is -2.38. The lowest BCUT2D eigenvalue weighted by Gasteiger charge is -2.28. The predicted molar refractivity (Wildman–Crippen MR) is 61.0 cm³/mol. The van der Waals surface area contributed by atoms with Gasteiger partial charge in [-0.3, -0.25) is 0 Å². The molecule has 0 aromatic carbocycles. The maximum atomic E-state index is 9.82. The molecule has 15 heavy (non-hydrogen) atoms. The van der Waals surface area contributed by atoms with Crippen LogP contribution in [0.15, 0.2) is 18.3 Å². The SMILES string of the molecule is Cc1ccnc(N(C)C2CCCC2O)c1. The van der Waals surface area contributed by atoms with Crippen molar-refractivity contribution in [2.75, 3.05) is 11.9 Å². The summed E-state index contributed by atoms with van der Waals surface area (Å²) in [7, 11) is 2.01. The zero-order valence-electron chi connectivity index (χ0n) is 9.35. The molecule has 0 bridgehead atoms. The van der Waals surface area contributed by atoms with Crippen molar-refractivity contribution in [3.05, 3.63) is 23.9 Å². The number of rotatable bonds is 2. The molecule has 1 saturated carbocycles. The van der Waals surface area contributed by atoms with Crippen molar-refractivity contribution in [1.82, 2.24) is 4.98 Å². The summed E-state index contributed by atoms with van der Waals surface area (Å²) in [4.78, 5) is 6.44. The zero-order valence-corrected chi connectivity index (χ0v) is 9.35. The second kappa shape index (κ2) is 4.19. The number of nitrogens with zero attached hydrogens (tertiary/aromatic N) is 2. The molecule has 1 aliphatic carbocycles. The molecular weight excluding hydrogens is 188 g/mol. The highest BCUT2D eigenvalue weighted by atomic mass is 16.3. The van der Waals surface area contributed by atoms with Gasteiger partial charge in [0.1, 0.15) is 5.82 Å². The first-order chi connectivity index (χ1) is 7.18. The van der Waals surface area contributed by atoms with Gasteiger partial charge in [0.2, 0.25) is 0 Å². The largest absolute Gasteiger partial charge is 0.391 e. The van der Waals surface area contributed by atoms with Gasteiger partial charge in [-0.15, -0.1) is 0 Å². The molecule has 1 heterocycles. The number of aliphatic hydroxyl groups excluding tert-OH is 1. The average Bonchev–Trinajstić information content (AvgIpc) is 2.63. The Morgan fingerprint density at radius 1 is 1.47 bits per heavy atom.